The number of ether oxygens (including phenoxy) is 1. The Morgan fingerprint density at radius 3 is 2.74 bits per heavy atom. The molecule has 4 aromatic rings. The average Bonchev–Trinajstić information content (AvgIpc) is 3.18. The van der Waals surface area contributed by atoms with Gasteiger partial charge in [-0.1, -0.05) is 0 Å². The number of nitrogens with zero attached hydrogens (tertiary/aromatic N) is 4. The van der Waals surface area contributed by atoms with Crippen molar-refractivity contribution >= 4 is 26.6 Å². The van der Waals surface area contributed by atoms with Crippen LogP contribution < -0.4 is 9.04 Å². The minimum Gasteiger partial charge on any atom is -0.489 e. The maximum Gasteiger partial charge on any atom is 0.264 e. The molecule has 0 aliphatic carbocycles. The van der Waals surface area contributed by atoms with Gasteiger partial charge in [-0.15, -0.1) is 0 Å². The van der Waals surface area contributed by atoms with E-state index in [0.29, 0.717) is 22.7 Å². The molecule has 2 aromatic heterocycles. The summed E-state index contributed by atoms with van der Waals surface area (Å²) in [7, 11) is -1.86. The van der Waals surface area contributed by atoms with Gasteiger partial charge < -0.3 is 9.30 Å². The summed E-state index contributed by atoms with van der Waals surface area (Å²) in [6, 6.07) is 17.9. The number of fused-ring (bicyclic) bond motifs is 2. The molecule has 0 spiro atoms. The third-order valence-corrected chi connectivity index (χ3v) is 7.22. The normalized spacial score (nSPS) is 13.5. The zero-order chi connectivity index (χ0) is 21.6. The lowest BCUT2D eigenvalue weighted by Gasteiger charge is -2.31. The highest BCUT2D eigenvalue weighted by molar-refractivity contribution is 7.92. The van der Waals surface area contributed by atoms with Crippen molar-refractivity contribution in [2.45, 2.75) is 4.90 Å². The van der Waals surface area contributed by atoms with Crippen molar-refractivity contribution in [3.8, 4) is 23.1 Å². The van der Waals surface area contributed by atoms with Gasteiger partial charge in [-0.2, -0.15) is 5.26 Å². The predicted molar refractivity (Wildman–Crippen MR) is 117 cm³/mol. The number of rotatable bonds is 3. The Morgan fingerprint density at radius 2 is 1.97 bits per heavy atom. The van der Waals surface area contributed by atoms with Gasteiger partial charge >= 0.3 is 0 Å². The van der Waals surface area contributed by atoms with Gasteiger partial charge in [0, 0.05) is 35.9 Å². The van der Waals surface area contributed by atoms with E-state index >= 15 is 0 Å². The minimum atomic E-state index is -3.79. The van der Waals surface area contributed by atoms with Gasteiger partial charge in [-0.25, -0.2) is 8.42 Å². The summed E-state index contributed by atoms with van der Waals surface area (Å²) in [6.45, 7) is 0.487. The number of aromatic nitrogens is 2. The first-order valence-corrected chi connectivity index (χ1v) is 11.1. The summed E-state index contributed by atoms with van der Waals surface area (Å²) in [6.07, 6.45) is 3.40. The molecule has 0 N–H and O–H groups in total. The molecule has 0 unspecified atom stereocenters. The molecular formula is C23H18N4O3S. The van der Waals surface area contributed by atoms with E-state index in [2.05, 4.69) is 4.98 Å². The Kier molecular flexibility index (Phi) is 4.41. The third kappa shape index (κ3) is 3.20. The highest BCUT2D eigenvalue weighted by atomic mass is 32.2. The maximum absolute atomic E-state index is 13.5. The number of sulfonamides is 1. The number of benzene rings is 2. The van der Waals surface area contributed by atoms with Crippen LogP contribution in [-0.2, 0) is 17.1 Å². The molecule has 2 aromatic carbocycles. The molecule has 1 aliphatic rings. The molecule has 5 rings (SSSR count). The Morgan fingerprint density at radius 1 is 1.10 bits per heavy atom. The molecule has 0 fully saturated rings. The van der Waals surface area contributed by atoms with Crippen LogP contribution in [0.25, 0.3) is 22.2 Å². The predicted octanol–water partition coefficient (Wildman–Crippen LogP) is 3.70. The molecular weight excluding hydrogens is 412 g/mol. The SMILES string of the molecule is Cn1ccc2cc(S(=O)(=O)N3CCOc4ccc(-c5ccc(C#N)cn5)cc43)ccc21. The van der Waals surface area contributed by atoms with Crippen LogP contribution in [0.4, 0.5) is 5.69 Å². The summed E-state index contributed by atoms with van der Waals surface area (Å²) >= 11 is 0. The minimum absolute atomic E-state index is 0.215. The van der Waals surface area contributed by atoms with E-state index in [4.69, 9.17) is 10.00 Å². The third-order valence-electron chi connectivity index (χ3n) is 5.41. The lowest BCUT2D eigenvalue weighted by Crippen LogP contribution is -2.37. The van der Waals surface area contributed by atoms with Crippen LogP contribution in [0.1, 0.15) is 5.56 Å². The maximum atomic E-state index is 13.5. The zero-order valence-electron chi connectivity index (χ0n) is 16.7. The molecule has 31 heavy (non-hydrogen) atoms. The topological polar surface area (TPSA) is 88.2 Å². The van der Waals surface area contributed by atoms with Crippen molar-refractivity contribution in [1.82, 2.24) is 9.55 Å². The Hall–Kier alpha value is -3.83. The van der Waals surface area contributed by atoms with Crippen molar-refractivity contribution in [3.63, 3.8) is 0 Å². The van der Waals surface area contributed by atoms with Crippen LogP contribution in [0.15, 0.2) is 71.9 Å². The van der Waals surface area contributed by atoms with Crippen LogP contribution in [0.5, 0.6) is 5.75 Å². The molecule has 8 heteroatoms. The van der Waals surface area contributed by atoms with E-state index in [1.165, 1.54) is 10.5 Å². The first-order valence-electron chi connectivity index (χ1n) is 9.68. The van der Waals surface area contributed by atoms with Crippen molar-refractivity contribution in [2.75, 3.05) is 17.5 Å². The second kappa shape index (κ2) is 7.15. The Labute approximate surface area is 179 Å². The van der Waals surface area contributed by atoms with Crippen LogP contribution in [-0.4, -0.2) is 31.1 Å². The van der Waals surface area contributed by atoms with E-state index in [1.54, 1.807) is 36.4 Å². The van der Waals surface area contributed by atoms with Gasteiger partial charge in [0.25, 0.3) is 10.0 Å². The average molecular weight is 430 g/mol. The standard InChI is InChI=1S/C23H18N4O3S/c1-26-9-8-18-12-19(4-6-21(18)26)31(28,29)27-10-11-30-23-7-3-17(13-22(23)27)20-5-2-16(14-24)15-25-20/h2-9,12-13,15H,10-11H2,1H3. The Bertz CT molecular complexity index is 1450. The highest BCUT2D eigenvalue weighted by Crippen LogP contribution is 2.38. The van der Waals surface area contributed by atoms with E-state index in [0.717, 1.165) is 16.5 Å². The number of pyridine rings is 1. The molecule has 3 heterocycles. The van der Waals surface area contributed by atoms with Gasteiger partial charge in [0.2, 0.25) is 0 Å². The van der Waals surface area contributed by atoms with Crippen LogP contribution in [0, 0.1) is 11.3 Å². The first-order chi connectivity index (χ1) is 15.0. The van der Waals surface area contributed by atoms with Gasteiger partial charge in [-0.3, -0.25) is 9.29 Å². The van der Waals surface area contributed by atoms with Crippen molar-refractivity contribution < 1.29 is 13.2 Å². The van der Waals surface area contributed by atoms with Crippen LogP contribution in [0.2, 0.25) is 0 Å². The van der Waals surface area contributed by atoms with E-state index in [1.807, 2.05) is 42.1 Å². The fourth-order valence-corrected chi connectivity index (χ4v) is 5.27. The molecule has 0 saturated heterocycles. The molecule has 0 saturated carbocycles. The van der Waals surface area contributed by atoms with Crippen molar-refractivity contribution in [1.29, 1.82) is 5.26 Å². The smallest absolute Gasteiger partial charge is 0.264 e. The Balaban J connectivity index is 1.58. The number of anilines is 1. The van der Waals surface area contributed by atoms with Crippen molar-refractivity contribution in [3.05, 3.63) is 72.6 Å². The van der Waals surface area contributed by atoms with Gasteiger partial charge in [0.1, 0.15) is 18.4 Å². The van der Waals surface area contributed by atoms with Gasteiger partial charge in [0.15, 0.2) is 0 Å². The summed E-state index contributed by atoms with van der Waals surface area (Å²) in [4.78, 5) is 4.55. The summed E-state index contributed by atoms with van der Waals surface area (Å²) in [5.74, 6) is 0.507. The second-order valence-electron chi connectivity index (χ2n) is 7.30. The molecule has 0 radical (unpaired) electrons. The molecule has 0 amide bonds. The molecule has 1 aliphatic heterocycles. The largest absolute Gasteiger partial charge is 0.489 e. The first kappa shape index (κ1) is 19.2. The molecule has 7 nitrogen and oxygen atoms in total. The summed E-state index contributed by atoms with van der Waals surface area (Å²) in [5, 5.41) is 9.84. The van der Waals surface area contributed by atoms with E-state index in [9.17, 15) is 8.42 Å². The molecule has 154 valence electrons. The van der Waals surface area contributed by atoms with Gasteiger partial charge in [0.05, 0.1) is 28.4 Å². The summed E-state index contributed by atoms with van der Waals surface area (Å²) < 4.78 is 36.1. The molecule has 0 atom stereocenters. The van der Waals surface area contributed by atoms with Gasteiger partial charge in [-0.05, 0) is 54.6 Å². The van der Waals surface area contributed by atoms with Crippen molar-refractivity contribution in [2.24, 2.45) is 7.05 Å². The lowest BCUT2D eigenvalue weighted by atomic mass is 10.1. The zero-order valence-corrected chi connectivity index (χ0v) is 17.5. The van der Waals surface area contributed by atoms with Crippen LogP contribution in [0.3, 0.4) is 0 Å². The summed E-state index contributed by atoms with van der Waals surface area (Å²) in [5.41, 5.74) is 3.30. The number of hydrogen-bond donors (Lipinski definition) is 0. The van der Waals surface area contributed by atoms with Crippen LogP contribution >= 0.6 is 0 Å². The van der Waals surface area contributed by atoms with E-state index < -0.39 is 10.0 Å². The molecule has 0 bridgehead atoms. The number of aryl methyl sites for hydroxylation is 1. The number of nitriles is 1. The second-order valence-corrected chi connectivity index (χ2v) is 9.16. The quantitative estimate of drug-likeness (QED) is 0.495. The van der Waals surface area contributed by atoms with E-state index in [-0.39, 0.29) is 18.0 Å². The fourth-order valence-electron chi connectivity index (χ4n) is 3.78. The number of hydrogen-bond acceptors (Lipinski definition) is 5. The lowest BCUT2D eigenvalue weighted by molar-refractivity contribution is 0.316. The fraction of sp³-hybridized carbons (Fsp3) is 0.130. The highest BCUT2D eigenvalue weighted by Gasteiger charge is 2.30. The monoisotopic (exact) mass is 430 g/mol.